The number of rotatable bonds is 6. The minimum atomic E-state index is -3.01. The van der Waals surface area contributed by atoms with E-state index in [-0.39, 0.29) is 17.6 Å². The van der Waals surface area contributed by atoms with Crippen LogP contribution >= 0.6 is 11.6 Å². The van der Waals surface area contributed by atoms with Crippen molar-refractivity contribution in [3.8, 4) is 5.75 Å². The van der Waals surface area contributed by atoms with Crippen LogP contribution in [0.3, 0.4) is 0 Å². The number of aliphatic hydroxyl groups is 4. The molecule has 0 amide bonds. The molecule has 2 aromatic carbocycles. The first-order valence-corrected chi connectivity index (χ1v) is 12.9. The van der Waals surface area contributed by atoms with E-state index in [4.69, 9.17) is 21.1 Å². The molecule has 1 unspecified atom stereocenters. The summed E-state index contributed by atoms with van der Waals surface area (Å²) in [5, 5.41) is 40.4. The number of sulfone groups is 1. The van der Waals surface area contributed by atoms with Crippen molar-refractivity contribution in [3.63, 3.8) is 0 Å². The summed E-state index contributed by atoms with van der Waals surface area (Å²) in [5.74, 6) is 0.788. The van der Waals surface area contributed by atoms with Crippen LogP contribution in [-0.2, 0) is 21.0 Å². The monoisotopic (exact) mass is 498 g/mol. The zero-order valence-corrected chi connectivity index (χ0v) is 19.3. The minimum Gasteiger partial charge on any atom is -0.489 e. The van der Waals surface area contributed by atoms with Gasteiger partial charge in [0.1, 0.15) is 42.4 Å². The highest BCUT2D eigenvalue weighted by molar-refractivity contribution is 7.91. The van der Waals surface area contributed by atoms with Crippen LogP contribution in [0.15, 0.2) is 42.5 Å². The van der Waals surface area contributed by atoms with Crippen molar-refractivity contribution in [1.82, 2.24) is 0 Å². The lowest BCUT2D eigenvalue weighted by atomic mass is 9.90. The van der Waals surface area contributed by atoms with Crippen molar-refractivity contribution < 1.29 is 38.3 Å². The predicted octanol–water partition coefficient (Wildman–Crippen LogP) is 1.01. The van der Waals surface area contributed by atoms with Crippen molar-refractivity contribution in [2.45, 2.75) is 49.5 Å². The molecule has 2 saturated heterocycles. The molecular weight excluding hydrogens is 472 g/mol. The summed E-state index contributed by atoms with van der Waals surface area (Å²) in [5.41, 5.74) is 2.27. The Labute approximate surface area is 197 Å². The Morgan fingerprint density at radius 1 is 1.03 bits per heavy atom. The number of hydrogen-bond acceptors (Lipinski definition) is 8. The third-order valence-corrected chi connectivity index (χ3v) is 8.21. The molecule has 33 heavy (non-hydrogen) atoms. The molecule has 8 nitrogen and oxygen atoms in total. The normalized spacial score (nSPS) is 31.4. The van der Waals surface area contributed by atoms with Crippen molar-refractivity contribution in [2.75, 3.05) is 18.1 Å². The third-order valence-electron chi connectivity index (χ3n) is 6.10. The highest BCUT2D eigenvalue weighted by atomic mass is 35.5. The summed E-state index contributed by atoms with van der Waals surface area (Å²) < 4.78 is 34.6. The summed E-state index contributed by atoms with van der Waals surface area (Å²) in [6.45, 7) is -0.497. The molecule has 0 saturated carbocycles. The Kier molecular flexibility index (Phi) is 7.30. The molecule has 6 atom stereocenters. The van der Waals surface area contributed by atoms with E-state index in [1.54, 1.807) is 30.3 Å². The fourth-order valence-corrected chi connectivity index (χ4v) is 6.01. The number of aliphatic hydroxyl groups excluding tert-OH is 4. The molecule has 2 aliphatic rings. The zero-order valence-electron chi connectivity index (χ0n) is 17.7. The van der Waals surface area contributed by atoms with Crippen LogP contribution in [0.2, 0.25) is 5.02 Å². The second-order valence-electron chi connectivity index (χ2n) is 8.56. The minimum absolute atomic E-state index is 0.0368. The van der Waals surface area contributed by atoms with Gasteiger partial charge in [0.05, 0.1) is 18.1 Å². The fraction of sp³-hybridized carbons (Fsp3) is 0.478. The highest BCUT2D eigenvalue weighted by Crippen LogP contribution is 2.34. The van der Waals surface area contributed by atoms with Gasteiger partial charge >= 0.3 is 0 Å². The molecular formula is C23H27ClO8S. The van der Waals surface area contributed by atoms with E-state index in [0.717, 1.165) is 11.1 Å². The summed E-state index contributed by atoms with van der Waals surface area (Å²) in [6, 6.07) is 12.4. The van der Waals surface area contributed by atoms with Crippen LogP contribution in [0.4, 0.5) is 0 Å². The van der Waals surface area contributed by atoms with Gasteiger partial charge in [0.2, 0.25) is 0 Å². The molecule has 10 heteroatoms. The zero-order chi connectivity index (χ0) is 23.8. The van der Waals surface area contributed by atoms with Crippen LogP contribution in [0.1, 0.15) is 29.2 Å². The Morgan fingerprint density at radius 3 is 2.39 bits per heavy atom. The van der Waals surface area contributed by atoms with Crippen molar-refractivity contribution in [1.29, 1.82) is 0 Å². The molecule has 2 aliphatic heterocycles. The van der Waals surface area contributed by atoms with Crippen molar-refractivity contribution in [2.24, 2.45) is 0 Å². The number of benzene rings is 2. The molecule has 2 aromatic rings. The maximum Gasteiger partial charge on any atom is 0.154 e. The smallest absolute Gasteiger partial charge is 0.154 e. The highest BCUT2D eigenvalue weighted by Gasteiger charge is 2.44. The molecule has 4 N–H and O–H groups in total. The van der Waals surface area contributed by atoms with Gasteiger partial charge in [-0.15, -0.1) is 0 Å². The van der Waals surface area contributed by atoms with E-state index in [9.17, 15) is 28.8 Å². The predicted molar refractivity (Wildman–Crippen MR) is 121 cm³/mol. The molecule has 0 aliphatic carbocycles. The standard InChI is InChI=1S/C23H27ClO8S/c24-18-6-3-14(23-22(28)21(27)20(26)19(11-25)32-23)10-15(18)9-13-1-4-16(5-2-13)31-17-7-8-33(29,30)12-17/h1-6,10,17,19-23,25-28H,7-9,11-12H2/t17?,19-,20-,21+,22-,23+/m1/s1. The molecule has 2 heterocycles. The van der Waals surface area contributed by atoms with Gasteiger partial charge in [0.15, 0.2) is 9.84 Å². The summed E-state index contributed by atoms with van der Waals surface area (Å²) in [6.07, 6.45) is -5.53. The first-order valence-electron chi connectivity index (χ1n) is 10.7. The summed E-state index contributed by atoms with van der Waals surface area (Å²) >= 11 is 6.39. The third kappa shape index (κ3) is 5.51. The van der Waals surface area contributed by atoms with E-state index < -0.39 is 47.0 Å². The van der Waals surface area contributed by atoms with Gasteiger partial charge < -0.3 is 29.9 Å². The lowest BCUT2D eigenvalue weighted by Crippen LogP contribution is -2.55. The van der Waals surface area contributed by atoms with Crippen LogP contribution in [0, 0.1) is 0 Å². The number of halogens is 1. The molecule has 180 valence electrons. The van der Waals surface area contributed by atoms with Gasteiger partial charge in [-0.25, -0.2) is 8.42 Å². The van der Waals surface area contributed by atoms with Crippen LogP contribution in [-0.4, -0.2) is 77.5 Å². The topological polar surface area (TPSA) is 134 Å². The van der Waals surface area contributed by atoms with E-state index in [0.29, 0.717) is 29.2 Å². The Morgan fingerprint density at radius 2 is 1.76 bits per heavy atom. The summed E-state index contributed by atoms with van der Waals surface area (Å²) in [4.78, 5) is 0. The maximum absolute atomic E-state index is 11.6. The van der Waals surface area contributed by atoms with E-state index >= 15 is 0 Å². The molecule has 0 spiro atoms. The van der Waals surface area contributed by atoms with Crippen molar-refractivity contribution in [3.05, 3.63) is 64.2 Å². The lowest BCUT2D eigenvalue weighted by molar-refractivity contribution is -0.231. The van der Waals surface area contributed by atoms with Gasteiger partial charge in [-0.3, -0.25) is 0 Å². The van der Waals surface area contributed by atoms with E-state index in [1.807, 2.05) is 12.1 Å². The van der Waals surface area contributed by atoms with Gasteiger partial charge in [0, 0.05) is 5.02 Å². The average Bonchev–Trinajstić information content (AvgIpc) is 3.13. The van der Waals surface area contributed by atoms with Crippen LogP contribution in [0.25, 0.3) is 0 Å². The molecule has 0 bridgehead atoms. The SMILES string of the molecule is O=S1(=O)CCC(Oc2ccc(Cc3cc([C@@H]4O[C@H](CO)[C@@H](O)[C@H](O)[C@H]4O)ccc3Cl)cc2)C1. The van der Waals surface area contributed by atoms with Crippen molar-refractivity contribution >= 4 is 21.4 Å². The van der Waals surface area contributed by atoms with Gasteiger partial charge in [0.25, 0.3) is 0 Å². The molecule has 2 fully saturated rings. The number of ether oxygens (including phenoxy) is 2. The second kappa shape index (κ2) is 9.87. The largest absolute Gasteiger partial charge is 0.489 e. The second-order valence-corrected chi connectivity index (χ2v) is 11.2. The maximum atomic E-state index is 11.6. The fourth-order valence-electron chi connectivity index (χ4n) is 4.24. The Hall–Kier alpha value is -1.72. The Bertz CT molecular complexity index is 1070. The van der Waals surface area contributed by atoms with E-state index in [2.05, 4.69) is 0 Å². The van der Waals surface area contributed by atoms with Crippen LogP contribution in [0.5, 0.6) is 5.75 Å². The quantitative estimate of drug-likeness (QED) is 0.464. The van der Waals surface area contributed by atoms with Gasteiger partial charge in [-0.1, -0.05) is 35.9 Å². The van der Waals surface area contributed by atoms with Gasteiger partial charge in [-0.2, -0.15) is 0 Å². The van der Waals surface area contributed by atoms with Crippen LogP contribution < -0.4 is 4.74 Å². The average molecular weight is 499 g/mol. The Balaban J connectivity index is 1.47. The lowest BCUT2D eigenvalue weighted by Gasteiger charge is -2.40. The number of hydrogen-bond donors (Lipinski definition) is 4. The molecule has 4 rings (SSSR count). The first-order chi connectivity index (χ1) is 15.7. The molecule has 0 aromatic heterocycles. The first kappa shape index (κ1) is 24.4. The van der Waals surface area contributed by atoms with E-state index in [1.165, 1.54) is 0 Å². The molecule has 0 radical (unpaired) electrons. The summed E-state index contributed by atoms with van der Waals surface area (Å²) in [7, 11) is -3.01. The van der Waals surface area contributed by atoms with Gasteiger partial charge in [-0.05, 0) is 47.7 Å².